The van der Waals surface area contributed by atoms with Crippen molar-refractivity contribution in [2.75, 3.05) is 33.5 Å². The van der Waals surface area contributed by atoms with Gasteiger partial charge in [0.25, 0.3) is 6.47 Å². The second kappa shape index (κ2) is 74.7. The van der Waals surface area contributed by atoms with E-state index in [1.54, 1.807) is 7.11 Å². The fraction of sp³-hybridized carbons (Fsp3) is 0.870. The number of carbonyl (C=O) groups excluding carboxylic acids is 10. The number of hydrogen-bond acceptors (Lipinski definition) is 22. The molecule has 9 atom stereocenters. The minimum Gasteiger partial charge on any atom is -0.496 e. The van der Waals surface area contributed by atoms with E-state index in [4.69, 9.17) is 56.8 Å². The van der Waals surface area contributed by atoms with Crippen LogP contribution in [0.5, 0.6) is 0 Å². The zero-order valence-electron chi connectivity index (χ0n) is 73.8. The zero-order chi connectivity index (χ0) is 84.5. The topological polar surface area (TPSA) is 281 Å². The largest absolute Gasteiger partial charge is 0.496 e. The van der Waals surface area contributed by atoms with Crippen LogP contribution in [0, 0.1) is 5.41 Å². The Bertz CT molecular complexity index is 2380. The molecule has 0 aliphatic carbocycles. The van der Waals surface area contributed by atoms with Crippen LogP contribution in [0.2, 0.25) is 0 Å². The van der Waals surface area contributed by atoms with E-state index >= 15 is 0 Å². The molecule has 0 aliphatic heterocycles. The monoisotopic (exact) mass is 1620 g/mol. The van der Waals surface area contributed by atoms with Crippen LogP contribution in [0.1, 0.15) is 429 Å². The highest BCUT2D eigenvalue weighted by atomic mass is 16.6. The fourth-order valence-corrected chi connectivity index (χ4v) is 14.6. The number of ether oxygens (including phenoxy) is 12. The molecule has 0 saturated heterocycles. The molecule has 0 fully saturated rings. The highest BCUT2D eigenvalue weighted by molar-refractivity contribution is 5.71. The van der Waals surface area contributed by atoms with Crippen molar-refractivity contribution in [1.82, 2.24) is 0 Å². The number of methoxy groups -OCH3 is 1. The summed E-state index contributed by atoms with van der Waals surface area (Å²) in [5.74, 6) is -2.98. The number of esters is 9. The van der Waals surface area contributed by atoms with E-state index in [0.717, 1.165) is 231 Å². The summed E-state index contributed by atoms with van der Waals surface area (Å²) >= 11 is 0. The van der Waals surface area contributed by atoms with Gasteiger partial charge in [0.05, 0.1) is 18.0 Å². The Labute approximate surface area is 690 Å². The summed E-state index contributed by atoms with van der Waals surface area (Å²) in [6.45, 7) is 20.6. The third-order valence-electron chi connectivity index (χ3n) is 21.2. The van der Waals surface area contributed by atoms with Crippen LogP contribution in [0.4, 0.5) is 0 Å². The van der Waals surface area contributed by atoms with Crippen molar-refractivity contribution in [3.8, 4) is 0 Å². The maximum Gasteiger partial charge on any atom is 0.305 e. The molecule has 0 radical (unpaired) electrons. The number of hydrogen-bond donors (Lipinski definition) is 0. The van der Waals surface area contributed by atoms with E-state index in [9.17, 15) is 47.9 Å². The quantitative estimate of drug-likeness (QED) is 0.0180. The lowest BCUT2D eigenvalue weighted by atomic mass is 9.92. The highest BCUT2D eigenvalue weighted by Crippen LogP contribution is 2.28. The summed E-state index contributed by atoms with van der Waals surface area (Å²) < 4.78 is 69.7. The highest BCUT2D eigenvalue weighted by Gasteiger charge is 2.38. The minimum atomic E-state index is -1.46. The van der Waals surface area contributed by atoms with E-state index in [0.29, 0.717) is 89.3 Å². The first-order valence-electron chi connectivity index (χ1n) is 45.3. The summed E-state index contributed by atoms with van der Waals surface area (Å²) in [5, 5.41) is 0. The van der Waals surface area contributed by atoms with E-state index in [2.05, 4.69) is 34.3 Å². The molecule has 0 rings (SSSR count). The zero-order valence-corrected chi connectivity index (χ0v) is 73.8. The molecule has 0 N–H and O–H groups in total. The second-order valence-corrected chi connectivity index (χ2v) is 32.4. The standard InChI is InChI=1S/C92H164O22/c1-13-17-21-37-49-80(103-12)61-63-83(110-75(7)94)54-42-30-26-34-46-58-89(100)105-70-92(69-104-88(99)57-45-33-25-29-41-50-81(108-73-93)62-64-84(111-76(8)95)52-39-23-19-15-3,71-106-90(101)59-47-35-27-31-43-55-86(113-78(10)97)66-65-82(109-74(5)6)51-38-22-18-14-2)72-107-91(102)60-48-36-28-32-44-56-87(114-79(11)98)68-67-85(112-77(9)96)53-40-24-20-16-4/h73,80-87H,5,13-72H2,1-4,6-12H3. The lowest BCUT2D eigenvalue weighted by Gasteiger charge is -2.31. The predicted octanol–water partition coefficient (Wildman–Crippen LogP) is 22.2. The molecule has 9 unspecified atom stereocenters. The lowest BCUT2D eigenvalue weighted by molar-refractivity contribution is -0.171. The fourth-order valence-electron chi connectivity index (χ4n) is 14.6. The van der Waals surface area contributed by atoms with Gasteiger partial charge in [0, 0.05) is 67.4 Å². The molecule has 22 heteroatoms. The van der Waals surface area contributed by atoms with Crippen molar-refractivity contribution in [3.05, 3.63) is 12.3 Å². The first-order valence-corrected chi connectivity index (χ1v) is 45.3. The summed E-state index contributed by atoms with van der Waals surface area (Å²) in [4.78, 5) is 127. The molecule has 0 aliphatic rings. The van der Waals surface area contributed by atoms with E-state index < -0.39 is 29.3 Å². The van der Waals surface area contributed by atoms with Crippen LogP contribution in [-0.4, -0.2) is 143 Å². The van der Waals surface area contributed by atoms with Gasteiger partial charge in [-0.15, -0.1) is 0 Å². The molecule has 0 aromatic heterocycles. The maximum atomic E-state index is 13.8. The number of unbranched alkanes of at least 4 members (excludes halogenated alkanes) is 28. The van der Waals surface area contributed by atoms with Gasteiger partial charge in [-0.3, -0.25) is 47.9 Å². The van der Waals surface area contributed by atoms with Crippen molar-refractivity contribution < 1.29 is 105 Å². The summed E-state index contributed by atoms with van der Waals surface area (Å²) in [6.07, 6.45) is 43.2. The van der Waals surface area contributed by atoms with Gasteiger partial charge < -0.3 is 56.8 Å². The Morgan fingerprint density at radius 2 is 0.456 bits per heavy atom. The number of carbonyl (C=O) groups is 10. The van der Waals surface area contributed by atoms with Crippen LogP contribution in [0.15, 0.2) is 12.3 Å². The number of allylic oxidation sites excluding steroid dienone is 1. The van der Waals surface area contributed by atoms with Crippen LogP contribution in [-0.2, 0) is 105 Å². The SMILES string of the molecule is C=C(C)OC(CCCCCC)CCC(CCCCCCCC(=O)OCC(COC(=O)CCCCCCCC(CCC(CCCCCC)OC(C)=O)OC=O)(COC(=O)CCCCCCCC(CCC(CCCCCC)OC)OC(C)=O)COC(=O)CCCCCCCC(CCC(CCCCCC)OC(C)=O)OC(C)=O)OC(C)=O. The Morgan fingerprint density at radius 1 is 0.263 bits per heavy atom. The average Bonchev–Trinajstić information content (AvgIpc) is 0.851. The molecule has 0 saturated carbocycles. The molecule has 664 valence electrons. The second-order valence-electron chi connectivity index (χ2n) is 32.4. The molecule has 0 heterocycles. The molecule has 0 spiro atoms. The first-order chi connectivity index (χ1) is 54.9. The van der Waals surface area contributed by atoms with Gasteiger partial charge in [-0.05, 0) is 180 Å². The summed E-state index contributed by atoms with van der Waals surface area (Å²) in [7, 11) is 1.74. The van der Waals surface area contributed by atoms with Gasteiger partial charge in [-0.25, -0.2) is 0 Å². The van der Waals surface area contributed by atoms with Gasteiger partial charge in [0.15, 0.2) is 0 Å². The molecular formula is C92H164O22. The molecule has 0 bridgehead atoms. The molecular weight excluding hydrogens is 1460 g/mol. The van der Waals surface area contributed by atoms with Gasteiger partial charge in [-0.2, -0.15) is 0 Å². The molecule has 22 nitrogen and oxygen atoms in total. The lowest BCUT2D eigenvalue weighted by Crippen LogP contribution is -2.44. The van der Waals surface area contributed by atoms with Gasteiger partial charge in [-0.1, -0.05) is 195 Å². The van der Waals surface area contributed by atoms with Crippen LogP contribution in [0.25, 0.3) is 0 Å². The van der Waals surface area contributed by atoms with Crippen molar-refractivity contribution in [3.63, 3.8) is 0 Å². The third-order valence-corrected chi connectivity index (χ3v) is 21.2. The summed E-state index contributed by atoms with van der Waals surface area (Å²) in [5.41, 5.74) is -1.46. The Balaban J connectivity index is 6.49. The van der Waals surface area contributed by atoms with E-state index in [1.807, 2.05) is 6.92 Å². The van der Waals surface area contributed by atoms with E-state index in [-0.39, 0.29) is 131 Å². The predicted molar refractivity (Wildman–Crippen MR) is 447 cm³/mol. The first kappa shape index (κ1) is 108. The maximum absolute atomic E-state index is 13.8. The molecule has 0 amide bonds. The summed E-state index contributed by atoms with van der Waals surface area (Å²) in [6, 6.07) is 0. The minimum absolute atomic E-state index is 0.0155. The number of rotatable bonds is 82. The Hall–Kier alpha value is -5.80. The average molecular weight is 1620 g/mol. The Kier molecular flexibility index (Phi) is 70.9. The van der Waals surface area contributed by atoms with E-state index in [1.165, 1.54) is 60.3 Å². The van der Waals surface area contributed by atoms with Crippen molar-refractivity contribution in [2.45, 2.75) is 478 Å². The van der Waals surface area contributed by atoms with Crippen molar-refractivity contribution in [2.24, 2.45) is 5.41 Å². The smallest absolute Gasteiger partial charge is 0.305 e. The van der Waals surface area contributed by atoms with Crippen molar-refractivity contribution in [1.29, 1.82) is 0 Å². The van der Waals surface area contributed by atoms with Crippen molar-refractivity contribution >= 4 is 60.2 Å². The van der Waals surface area contributed by atoms with Gasteiger partial charge >= 0.3 is 53.7 Å². The van der Waals surface area contributed by atoms with Gasteiger partial charge in [0.1, 0.15) is 68.5 Å². The Morgan fingerprint density at radius 3 is 0.675 bits per heavy atom. The third kappa shape index (κ3) is 68.3. The van der Waals surface area contributed by atoms with Crippen LogP contribution >= 0.6 is 0 Å². The molecule has 114 heavy (non-hydrogen) atoms. The molecule has 0 aromatic carbocycles. The normalized spacial score (nSPS) is 14.0. The van der Waals surface area contributed by atoms with Crippen LogP contribution in [0.3, 0.4) is 0 Å². The molecule has 0 aromatic rings. The van der Waals surface area contributed by atoms with Gasteiger partial charge in [0.2, 0.25) is 0 Å². The van der Waals surface area contributed by atoms with Crippen LogP contribution < -0.4 is 0 Å².